The number of nitrogens with two attached hydrogens (primary N) is 1. The van der Waals surface area contributed by atoms with Crippen LogP contribution in [0.4, 0.5) is 19.7 Å². The first-order valence-corrected chi connectivity index (χ1v) is 17.5. The molecule has 0 amide bonds. The molecule has 1 saturated heterocycles. The zero-order chi connectivity index (χ0) is 32.7. The summed E-state index contributed by atoms with van der Waals surface area (Å²) >= 11 is 1.12. The predicted octanol–water partition coefficient (Wildman–Crippen LogP) is 9.15. The van der Waals surface area contributed by atoms with Crippen LogP contribution < -0.4 is 15.9 Å². The standard InChI is InChI=1S/C27H29FN5OPS.C8H17F/c1-4-14(3)20(22-15(10-29)26(30)36-25(22)19(28)5-2)21-18-13-34-12-17(18)16-11-31-27(32-23(16)24(21)35)33-8-6-7-9-33;1-3-5-7-8(9)6-4-2/h5,11H,4,6-9,12-13,30,35H2,1-3H3;8H,3-7H2,1-2H3/b19-5+,20-14+;. The number of ether oxygens (including phenoxy) is 1. The van der Waals surface area contributed by atoms with Gasteiger partial charge in [0.2, 0.25) is 5.95 Å². The highest BCUT2D eigenvalue weighted by molar-refractivity contribution is 7.28. The summed E-state index contributed by atoms with van der Waals surface area (Å²) in [6.07, 6.45) is 10.4. The summed E-state index contributed by atoms with van der Waals surface area (Å²) in [6, 6.07) is 2.25. The van der Waals surface area contributed by atoms with E-state index in [-0.39, 0.29) is 5.83 Å². The molecule has 2 aliphatic heterocycles. The molecule has 5 rings (SSSR count). The van der Waals surface area contributed by atoms with Crippen molar-refractivity contribution in [2.45, 2.75) is 105 Å². The minimum Gasteiger partial charge on any atom is -0.389 e. The first-order chi connectivity index (χ1) is 21.7. The van der Waals surface area contributed by atoms with E-state index in [1.807, 2.05) is 20.0 Å². The average molecular weight is 654 g/mol. The van der Waals surface area contributed by atoms with E-state index in [2.05, 4.69) is 34.1 Å². The van der Waals surface area contributed by atoms with Crippen LogP contribution in [0, 0.1) is 11.3 Å². The van der Waals surface area contributed by atoms with Crippen molar-refractivity contribution in [3.63, 3.8) is 0 Å². The van der Waals surface area contributed by atoms with Gasteiger partial charge in [-0.15, -0.1) is 20.6 Å². The Kier molecular flexibility index (Phi) is 12.5. The van der Waals surface area contributed by atoms with E-state index in [1.165, 1.54) is 6.08 Å². The Balaban J connectivity index is 0.000000448. The van der Waals surface area contributed by atoms with Crippen molar-refractivity contribution in [2.75, 3.05) is 23.7 Å². The molecule has 2 N–H and O–H groups in total. The van der Waals surface area contributed by atoms with Crippen LogP contribution in [0.3, 0.4) is 0 Å². The Labute approximate surface area is 273 Å². The van der Waals surface area contributed by atoms with E-state index < -0.39 is 6.17 Å². The first kappa shape index (κ1) is 34.9. The van der Waals surface area contributed by atoms with Crippen molar-refractivity contribution >= 4 is 59.1 Å². The van der Waals surface area contributed by atoms with Crippen molar-refractivity contribution in [1.29, 1.82) is 5.26 Å². The Morgan fingerprint density at radius 2 is 1.89 bits per heavy atom. The lowest BCUT2D eigenvalue weighted by atomic mass is 9.85. The monoisotopic (exact) mass is 653 g/mol. The number of aromatic nitrogens is 2. The summed E-state index contributed by atoms with van der Waals surface area (Å²) in [5.41, 5.74) is 12.9. The second-order valence-corrected chi connectivity index (χ2v) is 13.3. The van der Waals surface area contributed by atoms with Gasteiger partial charge in [-0.1, -0.05) is 51.7 Å². The topological polar surface area (TPSA) is 88.1 Å². The van der Waals surface area contributed by atoms with Crippen molar-refractivity contribution in [3.05, 3.63) is 50.5 Å². The molecule has 45 heavy (non-hydrogen) atoms. The van der Waals surface area contributed by atoms with Gasteiger partial charge in [-0.05, 0) is 68.2 Å². The maximum absolute atomic E-state index is 15.2. The van der Waals surface area contributed by atoms with E-state index in [4.69, 9.17) is 20.4 Å². The number of nitriles is 1. The maximum atomic E-state index is 15.2. The minimum atomic E-state index is -0.532. The summed E-state index contributed by atoms with van der Waals surface area (Å²) in [7, 11) is 2.87. The Morgan fingerprint density at radius 1 is 1.18 bits per heavy atom. The number of thiophene rings is 1. The SMILES string of the molecule is C/C=C(/F)c1sc(N)c(C#N)c1/C(=C(\C)CC)c1c2c(c3cnc(N4CCCC4)nc3c1P)COC2.CCCCC(F)CCC. The third-order valence-electron chi connectivity index (χ3n) is 8.62. The maximum Gasteiger partial charge on any atom is 0.225 e. The van der Waals surface area contributed by atoms with Gasteiger partial charge in [0.1, 0.15) is 23.1 Å². The number of nitrogen functional groups attached to an aromatic ring is 1. The van der Waals surface area contributed by atoms with E-state index in [1.54, 1.807) is 6.92 Å². The molecule has 2 unspecified atom stereocenters. The van der Waals surface area contributed by atoms with Gasteiger partial charge < -0.3 is 15.4 Å². The molecule has 242 valence electrons. The lowest BCUT2D eigenvalue weighted by molar-refractivity contribution is 0.135. The number of hydrogen-bond acceptors (Lipinski definition) is 7. The zero-order valence-corrected chi connectivity index (χ0v) is 29.2. The van der Waals surface area contributed by atoms with Gasteiger partial charge >= 0.3 is 0 Å². The zero-order valence-electron chi connectivity index (χ0n) is 27.2. The number of rotatable bonds is 10. The molecular formula is C35H46F2N5OPS. The Hall–Kier alpha value is -2.92. The molecule has 1 fully saturated rings. The largest absolute Gasteiger partial charge is 0.389 e. The van der Waals surface area contributed by atoms with Crippen molar-refractivity contribution in [2.24, 2.45) is 0 Å². The second-order valence-electron chi connectivity index (χ2n) is 11.7. The highest BCUT2D eigenvalue weighted by Gasteiger charge is 2.31. The number of fused-ring (bicyclic) bond motifs is 3. The van der Waals surface area contributed by atoms with Crippen LogP contribution in [0.5, 0.6) is 0 Å². The Bertz CT molecular complexity index is 1620. The van der Waals surface area contributed by atoms with Gasteiger partial charge in [0.05, 0.1) is 29.2 Å². The lowest BCUT2D eigenvalue weighted by Crippen LogP contribution is -2.21. The van der Waals surface area contributed by atoms with E-state index in [0.29, 0.717) is 34.2 Å². The molecular weight excluding hydrogens is 607 g/mol. The van der Waals surface area contributed by atoms with Crippen LogP contribution in [0.25, 0.3) is 22.3 Å². The minimum absolute atomic E-state index is 0.312. The fraction of sp³-hybridized carbons (Fsp3) is 0.514. The number of alkyl halides is 1. The number of unbranched alkanes of at least 4 members (excludes halogenated alkanes) is 1. The van der Waals surface area contributed by atoms with Crippen LogP contribution in [0.2, 0.25) is 0 Å². The quantitative estimate of drug-likeness (QED) is 0.220. The number of allylic oxidation sites excluding steroid dienone is 2. The summed E-state index contributed by atoms with van der Waals surface area (Å²) in [6.45, 7) is 12.7. The van der Waals surface area contributed by atoms with E-state index in [9.17, 15) is 9.65 Å². The van der Waals surface area contributed by atoms with Crippen LogP contribution in [0.1, 0.15) is 119 Å². The molecule has 0 spiro atoms. The molecule has 3 aromatic rings. The molecule has 4 heterocycles. The summed E-state index contributed by atoms with van der Waals surface area (Å²) in [5, 5.41) is 12.3. The number of hydrogen-bond donors (Lipinski definition) is 1. The van der Waals surface area contributed by atoms with Crippen LogP contribution in [-0.4, -0.2) is 29.2 Å². The van der Waals surface area contributed by atoms with Crippen LogP contribution in [-0.2, 0) is 18.0 Å². The van der Waals surface area contributed by atoms with Gasteiger partial charge in [-0.3, -0.25) is 0 Å². The van der Waals surface area contributed by atoms with Gasteiger partial charge in [-0.2, -0.15) is 5.26 Å². The lowest BCUT2D eigenvalue weighted by Gasteiger charge is -2.22. The molecule has 0 bridgehead atoms. The van der Waals surface area contributed by atoms with Gasteiger partial charge in [0.25, 0.3) is 0 Å². The van der Waals surface area contributed by atoms with Gasteiger partial charge in [-0.25, -0.2) is 18.7 Å². The van der Waals surface area contributed by atoms with E-state index >= 15 is 4.39 Å². The van der Waals surface area contributed by atoms with Crippen molar-refractivity contribution in [3.8, 4) is 6.07 Å². The molecule has 6 nitrogen and oxygen atoms in total. The van der Waals surface area contributed by atoms with Gasteiger partial charge in [0, 0.05) is 35.5 Å². The molecule has 2 atom stereocenters. The molecule has 0 saturated carbocycles. The number of benzene rings is 1. The van der Waals surface area contributed by atoms with E-state index in [0.717, 1.165) is 126 Å². The summed E-state index contributed by atoms with van der Waals surface area (Å²) in [5.74, 6) is 0.339. The molecule has 2 aliphatic rings. The third kappa shape index (κ3) is 7.40. The fourth-order valence-corrected chi connectivity index (χ4v) is 7.57. The number of halogens is 2. The van der Waals surface area contributed by atoms with Crippen molar-refractivity contribution < 1.29 is 13.5 Å². The summed E-state index contributed by atoms with van der Waals surface area (Å²) in [4.78, 5) is 12.3. The smallest absolute Gasteiger partial charge is 0.225 e. The van der Waals surface area contributed by atoms with Crippen molar-refractivity contribution in [1.82, 2.24) is 9.97 Å². The fourth-order valence-electron chi connectivity index (χ4n) is 6.04. The number of anilines is 2. The second kappa shape index (κ2) is 16.1. The van der Waals surface area contributed by atoms with Crippen LogP contribution >= 0.6 is 20.6 Å². The van der Waals surface area contributed by atoms with Gasteiger partial charge in [0.15, 0.2) is 0 Å². The molecule has 2 aromatic heterocycles. The molecule has 0 radical (unpaired) electrons. The summed E-state index contributed by atoms with van der Waals surface area (Å²) < 4.78 is 33.7. The molecule has 1 aromatic carbocycles. The Morgan fingerprint density at radius 3 is 2.51 bits per heavy atom. The normalized spacial score (nSPS) is 15.9. The average Bonchev–Trinajstić information content (AvgIpc) is 3.82. The first-order valence-electron chi connectivity index (χ1n) is 16.1. The third-order valence-corrected chi connectivity index (χ3v) is 10.2. The predicted molar refractivity (Wildman–Crippen MR) is 188 cm³/mol. The highest BCUT2D eigenvalue weighted by Crippen LogP contribution is 2.46. The molecule has 0 aliphatic carbocycles. The highest BCUT2D eigenvalue weighted by atomic mass is 32.1. The van der Waals surface area contributed by atoms with Crippen LogP contribution in [0.15, 0.2) is 17.8 Å². The molecule has 10 heteroatoms. The number of nitrogens with zero attached hydrogens (tertiary/aromatic N) is 4.